The van der Waals surface area contributed by atoms with Crippen LogP contribution in [-0.2, 0) is 4.74 Å². The van der Waals surface area contributed by atoms with Crippen LogP contribution in [0.15, 0.2) is 23.7 Å². The molecule has 2 aromatic heterocycles. The van der Waals surface area contributed by atoms with Crippen LogP contribution in [-0.4, -0.2) is 49.2 Å². The Labute approximate surface area is 146 Å². The first kappa shape index (κ1) is 18.5. The highest BCUT2D eigenvalue weighted by Gasteiger charge is 2.11. The molecule has 0 bridgehead atoms. The number of hydrogen-bond donors (Lipinski definition) is 1. The van der Waals surface area contributed by atoms with Crippen LogP contribution in [0.25, 0.3) is 10.6 Å². The summed E-state index contributed by atoms with van der Waals surface area (Å²) in [5.74, 6) is 0.616. The van der Waals surface area contributed by atoms with E-state index in [0.29, 0.717) is 37.8 Å². The average molecular weight is 349 g/mol. The Hall–Kier alpha value is -1.83. The Morgan fingerprint density at radius 3 is 3.00 bits per heavy atom. The van der Waals surface area contributed by atoms with Crippen LogP contribution in [0.3, 0.4) is 0 Å². The second-order valence-corrected chi connectivity index (χ2v) is 6.02. The number of pyridine rings is 1. The molecule has 0 aliphatic heterocycles. The molecule has 0 aliphatic carbocycles. The number of ether oxygens (including phenoxy) is 2. The van der Waals surface area contributed by atoms with Gasteiger partial charge in [-0.2, -0.15) is 0 Å². The van der Waals surface area contributed by atoms with Gasteiger partial charge in [-0.3, -0.25) is 4.79 Å². The summed E-state index contributed by atoms with van der Waals surface area (Å²) in [6.07, 6.45) is 3.04. The minimum atomic E-state index is 0.0873. The molecule has 0 fully saturated rings. The zero-order chi connectivity index (χ0) is 17.2. The normalized spacial score (nSPS) is 10.8. The van der Waals surface area contributed by atoms with E-state index in [-0.39, 0.29) is 5.78 Å². The minimum Gasteiger partial charge on any atom is -0.475 e. The summed E-state index contributed by atoms with van der Waals surface area (Å²) in [4.78, 5) is 20.5. The molecule has 0 amide bonds. The molecular formula is C17H23N3O3S. The molecule has 0 spiro atoms. The summed E-state index contributed by atoms with van der Waals surface area (Å²) in [6.45, 7) is 4.41. The highest BCUT2D eigenvalue weighted by Crippen LogP contribution is 2.26. The summed E-state index contributed by atoms with van der Waals surface area (Å²) >= 11 is 1.46. The number of nitrogens with one attached hydrogen (secondary N) is 1. The summed E-state index contributed by atoms with van der Waals surface area (Å²) in [5.41, 5.74) is 1.44. The van der Waals surface area contributed by atoms with E-state index in [1.807, 2.05) is 31.5 Å². The molecule has 0 radical (unpaired) electrons. The predicted octanol–water partition coefficient (Wildman–Crippen LogP) is 2.80. The van der Waals surface area contributed by atoms with Crippen LogP contribution in [0.5, 0.6) is 5.88 Å². The maximum atomic E-state index is 11.9. The largest absolute Gasteiger partial charge is 0.475 e. The van der Waals surface area contributed by atoms with Crippen molar-refractivity contribution in [2.24, 2.45) is 0 Å². The van der Waals surface area contributed by atoms with E-state index in [4.69, 9.17) is 9.47 Å². The Bertz CT molecular complexity index is 646. The van der Waals surface area contributed by atoms with Gasteiger partial charge in [0, 0.05) is 36.2 Å². The number of rotatable bonds is 11. The van der Waals surface area contributed by atoms with Gasteiger partial charge >= 0.3 is 0 Å². The predicted molar refractivity (Wildman–Crippen MR) is 94.8 cm³/mol. The van der Waals surface area contributed by atoms with Crippen LogP contribution in [0.2, 0.25) is 0 Å². The second-order valence-electron chi connectivity index (χ2n) is 5.16. The molecule has 130 valence electrons. The zero-order valence-electron chi connectivity index (χ0n) is 14.1. The minimum absolute atomic E-state index is 0.0873. The summed E-state index contributed by atoms with van der Waals surface area (Å²) < 4.78 is 11.0. The van der Waals surface area contributed by atoms with Crippen molar-refractivity contribution in [1.29, 1.82) is 0 Å². The van der Waals surface area contributed by atoms with Gasteiger partial charge in [0.1, 0.15) is 17.3 Å². The first-order valence-electron chi connectivity index (χ1n) is 8.05. The molecular weight excluding hydrogens is 326 g/mol. The summed E-state index contributed by atoms with van der Waals surface area (Å²) in [5, 5.41) is 5.62. The Kier molecular flexibility index (Phi) is 7.81. The molecule has 0 atom stereocenters. The molecule has 7 heteroatoms. The highest BCUT2D eigenvalue weighted by atomic mass is 32.1. The van der Waals surface area contributed by atoms with Gasteiger partial charge in [-0.15, -0.1) is 11.3 Å². The van der Waals surface area contributed by atoms with Crippen LogP contribution in [0.4, 0.5) is 0 Å². The average Bonchev–Trinajstić information content (AvgIpc) is 3.09. The van der Waals surface area contributed by atoms with Crippen LogP contribution >= 0.6 is 11.3 Å². The smallest absolute Gasteiger partial charge is 0.213 e. The number of thiazole rings is 1. The van der Waals surface area contributed by atoms with E-state index in [0.717, 1.165) is 23.5 Å². The van der Waals surface area contributed by atoms with Gasteiger partial charge < -0.3 is 14.8 Å². The van der Waals surface area contributed by atoms with Gasteiger partial charge in [0.15, 0.2) is 5.78 Å². The van der Waals surface area contributed by atoms with Gasteiger partial charge in [-0.25, -0.2) is 9.97 Å². The lowest BCUT2D eigenvalue weighted by atomic mass is 10.2. The fraction of sp³-hybridized carbons (Fsp3) is 0.471. The molecule has 0 aliphatic rings. The van der Waals surface area contributed by atoms with Gasteiger partial charge in [0.25, 0.3) is 0 Å². The molecule has 2 rings (SSSR count). The Morgan fingerprint density at radius 1 is 1.33 bits per heavy atom. The number of hydrogen-bond acceptors (Lipinski definition) is 7. The lowest BCUT2D eigenvalue weighted by molar-refractivity contribution is 0.0977. The van der Waals surface area contributed by atoms with Crippen molar-refractivity contribution in [3.63, 3.8) is 0 Å². The van der Waals surface area contributed by atoms with Crippen molar-refractivity contribution in [2.45, 2.75) is 19.8 Å². The van der Waals surface area contributed by atoms with Crippen LogP contribution in [0.1, 0.15) is 30.3 Å². The van der Waals surface area contributed by atoms with Crippen molar-refractivity contribution in [1.82, 2.24) is 15.3 Å². The monoisotopic (exact) mass is 349 g/mol. The van der Waals surface area contributed by atoms with E-state index in [2.05, 4.69) is 15.3 Å². The number of ketones is 1. The fourth-order valence-electron chi connectivity index (χ4n) is 1.99. The standard InChI is InChI=1S/C17H23N3O3S/c1-3-4-15(21)14-12-24-17(20-14)13-5-6-19-16(11-13)23-10-9-22-8-7-18-2/h5-6,11-12,18H,3-4,7-10H2,1-2H3. The third-order valence-corrected chi connectivity index (χ3v) is 4.11. The third kappa shape index (κ3) is 5.67. The quantitative estimate of drug-likeness (QED) is 0.497. The molecule has 2 heterocycles. The number of carbonyl (C=O) groups is 1. The van der Waals surface area contributed by atoms with Gasteiger partial charge in [0.2, 0.25) is 5.88 Å². The van der Waals surface area contributed by atoms with E-state index in [1.165, 1.54) is 11.3 Å². The molecule has 0 aromatic carbocycles. The summed E-state index contributed by atoms with van der Waals surface area (Å²) in [6, 6.07) is 3.70. The number of carbonyl (C=O) groups excluding carboxylic acids is 1. The Morgan fingerprint density at radius 2 is 2.21 bits per heavy atom. The zero-order valence-corrected chi connectivity index (χ0v) is 14.9. The number of aromatic nitrogens is 2. The van der Waals surface area contributed by atoms with Gasteiger partial charge in [-0.05, 0) is 19.5 Å². The van der Waals surface area contributed by atoms with Crippen molar-refractivity contribution in [2.75, 3.05) is 33.4 Å². The van der Waals surface area contributed by atoms with E-state index in [1.54, 1.807) is 6.20 Å². The third-order valence-electron chi connectivity index (χ3n) is 3.22. The van der Waals surface area contributed by atoms with E-state index < -0.39 is 0 Å². The van der Waals surface area contributed by atoms with Crippen molar-refractivity contribution < 1.29 is 14.3 Å². The Balaban J connectivity index is 1.91. The van der Waals surface area contributed by atoms with E-state index >= 15 is 0 Å². The first-order valence-corrected chi connectivity index (χ1v) is 8.93. The maximum Gasteiger partial charge on any atom is 0.213 e. The molecule has 0 saturated heterocycles. The van der Waals surface area contributed by atoms with Crippen molar-refractivity contribution in [3.8, 4) is 16.5 Å². The lowest BCUT2D eigenvalue weighted by Crippen LogP contribution is -2.16. The number of nitrogens with zero attached hydrogens (tertiary/aromatic N) is 2. The summed E-state index contributed by atoms with van der Waals surface area (Å²) in [7, 11) is 1.88. The van der Waals surface area contributed by atoms with E-state index in [9.17, 15) is 4.79 Å². The van der Waals surface area contributed by atoms with Crippen LogP contribution < -0.4 is 10.1 Å². The highest BCUT2D eigenvalue weighted by molar-refractivity contribution is 7.13. The SMILES string of the molecule is CCCC(=O)c1csc(-c2ccnc(OCCOCCNC)c2)n1. The van der Waals surface area contributed by atoms with Gasteiger partial charge in [-0.1, -0.05) is 6.92 Å². The van der Waals surface area contributed by atoms with Crippen molar-refractivity contribution >= 4 is 17.1 Å². The molecule has 2 aromatic rings. The van der Waals surface area contributed by atoms with Crippen molar-refractivity contribution in [3.05, 3.63) is 29.4 Å². The van der Waals surface area contributed by atoms with Gasteiger partial charge in [0.05, 0.1) is 13.2 Å². The number of likely N-dealkylation sites (N-methyl/N-ethyl adjacent to an activating group) is 1. The first-order chi connectivity index (χ1) is 11.7. The molecule has 0 unspecified atom stereocenters. The maximum absolute atomic E-state index is 11.9. The van der Waals surface area contributed by atoms with Crippen LogP contribution in [0, 0.1) is 0 Å². The molecule has 24 heavy (non-hydrogen) atoms. The second kappa shape index (κ2) is 10.1. The molecule has 1 N–H and O–H groups in total. The molecule has 6 nitrogen and oxygen atoms in total. The number of Topliss-reactive ketones (excluding diaryl/α,β-unsaturated/α-hetero) is 1. The topological polar surface area (TPSA) is 73.3 Å². The fourth-order valence-corrected chi connectivity index (χ4v) is 2.81. The lowest BCUT2D eigenvalue weighted by Gasteiger charge is -2.07. The molecule has 0 saturated carbocycles.